The maximum Gasteiger partial charge on any atom is 0.247 e. The Morgan fingerprint density at radius 3 is 2.18 bits per heavy atom. The smallest absolute Gasteiger partial charge is 0.247 e. The second kappa shape index (κ2) is 11.3. The van der Waals surface area contributed by atoms with Gasteiger partial charge in [0.1, 0.15) is 17.6 Å². The van der Waals surface area contributed by atoms with Gasteiger partial charge in [-0.05, 0) is 41.8 Å². The summed E-state index contributed by atoms with van der Waals surface area (Å²) in [5.74, 6) is -0.503. The van der Waals surface area contributed by atoms with Gasteiger partial charge in [0, 0.05) is 17.8 Å². The minimum atomic E-state index is -0.789. The lowest BCUT2D eigenvalue weighted by Gasteiger charge is -2.34. The molecule has 5 nitrogen and oxygen atoms in total. The van der Waals surface area contributed by atoms with Crippen LogP contribution in [0.2, 0.25) is 0 Å². The van der Waals surface area contributed by atoms with E-state index in [1.54, 1.807) is 49.6 Å². The van der Waals surface area contributed by atoms with E-state index >= 15 is 0 Å². The number of carbonyl (C=O) groups is 2. The van der Waals surface area contributed by atoms with Gasteiger partial charge in [0.2, 0.25) is 11.8 Å². The molecule has 2 amide bonds. The largest absolute Gasteiger partial charge is 0.497 e. The van der Waals surface area contributed by atoms with E-state index in [-0.39, 0.29) is 30.7 Å². The van der Waals surface area contributed by atoms with Gasteiger partial charge in [0.05, 0.1) is 13.5 Å². The van der Waals surface area contributed by atoms with Gasteiger partial charge in [-0.3, -0.25) is 9.59 Å². The van der Waals surface area contributed by atoms with Crippen molar-refractivity contribution in [1.82, 2.24) is 4.90 Å². The van der Waals surface area contributed by atoms with Gasteiger partial charge in [-0.25, -0.2) is 4.39 Å². The first kappa shape index (κ1) is 24.0. The van der Waals surface area contributed by atoms with Crippen LogP contribution in [0.1, 0.15) is 25.0 Å². The Balaban J connectivity index is 1.90. The quantitative estimate of drug-likeness (QED) is 0.497. The first-order valence-electron chi connectivity index (χ1n) is 10.9. The highest BCUT2D eigenvalue weighted by Gasteiger charge is 2.33. The fourth-order valence-corrected chi connectivity index (χ4v) is 3.72. The van der Waals surface area contributed by atoms with Gasteiger partial charge >= 0.3 is 0 Å². The van der Waals surface area contributed by atoms with E-state index in [4.69, 9.17) is 4.74 Å². The van der Waals surface area contributed by atoms with E-state index in [1.165, 1.54) is 11.0 Å². The van der Waals surface area contributed by atoms with Crippen LogP contribution in [0.25, 0.3) is 0 Å². The molecule has 1 unspecified atom stereocenters. The molecular formula is C27H29FN2O3. The fraction of sp³-hybridized carbons (Fsp3) is 0.259. The molecule has 0 saturated carbocycles. The molecule has 33 heavy (non-hydrogen) atoms. The van der Waals surface area contributed by atoms with Crippen LogP contribution >= 0.6 is 0 Å². The number of ether oxygens (including phenoxy) is 1. The van der Waals surface area contributed by atoms with E-state index in [0.29, 0.717) is 17.0 Å². The molecule has 0 fully saturated rings. The molecule has 3 rings (SSSR count). The second-order valence-electron chi connectivity index (χ2n) is 8.18. The van der Waals surface area contributed by atoms with E-state index in [0.717, 1.165) is 5.56 Å². The van der Waals surface area contributed by atoms with Crippen molar-refractivity contribution in [3.63, 3.8) is 0 Å². The van der Waals surface area contributed by atoms with E-state index in [2.05, 4.69) is 5.32 Å². The molecule has 0 aliphatic heterocycles. The molecule has 1 atom stereocenters. The summed E-state index contributed by atoms with van der Waals surface area (Å²) in [6, 6.07) is 21.8. The molecule has 0 aromatic heterocycles. The lowest BCUT2D eigenvalue weighted by atomic mass is 9.99. The minimum Gasteiger partial charge on any atom is -0.497 e. The molecule has 0 spiro atoms. The van der Waals surface area contributed by atoms with Crippen molar-refractivity contribution in [2.24, 2.45) is 5.92 Å². The molecule has 0 radical (unpaired) electrons. The molecule has 172 valence electrons. The highest BCUT2D eigenvalue weighted by atomic mass is 19.1. The number of hydrogen-bond donors (Lipinski definition) is 1. The average Bonchev–Trinajstić information content (AvgIpc) is 2.81. The van der Waals surface area contributed by atoms with Crippen molar-refractivity contribution in [1.29, 1.82) is 0 Å². The highest BCUT2D eigenvalue weighted by Crippen LogP contribution is 2.22. The number of benzene rings is 3. The Hall–Kier alpha value is -3.67. The molecule has 0 aliphatic rings. The SMILES string of the molecule is COc1ccc(NC(=O)C(C(C)C)N(Cc2ccccc2F)C(=O)Cc2ccccc2)cc1. The highest BCUT2D eigenvalue weighted by molar-refractivity contribution is 5.97. The number of methoxy groups -OCH3 is 1. The minimum absolute atomic E-state index is 0.00276. The summed E-state index contributed by atoms with van der Waals surface area (Å²) >= 11 is 0. The van der Waals surface area contributed by atoms with Crippen molar-refractivity contribution >= 4 is 17.5 Å². The van der Waals surface area contributed by atoms with Crippen LogP contribution in [0.5, 0.6) is 5.75 Å². The molecule has 3 aromatic carbocycles. The third-order valence-electron chi connectivity index (χ3n) is 5.41. The molecule has 3 aromatic rings. The van der Waals surface area contributed by atoms with Crippen LogP contribution in [0.3, 0.4) is 0 Å². The van der Waals surface area contributed by atoms with Gasteiger partial charge in [0.25, 0.3) is 0 Å². The summed E-state index contributed by atoms with van der Waals surface area (Å²) in [7, 11) is 1.57. The Labute approximate surface area is 194 Å². The summed E-state index contributed by atoms with van der Waals surface area (Å²) in [6.07, 6.45) is 0.119. The zero-order valence-corrected chi connectivity index (χ0v) is 19.1. The standard InChI is InChI=1S/C27H29FN2O3/c1-19(2)26(27(32)29-22-13-15-23(33-3)16-14-22)30(18-21-11-7-8-12-24(21)28)25(31)17-20-9-5-4-6-10-20/h4-16,19,26H,17-18H2,1-3H3,(H,29,32). The normalized spacial score (nSPS) is 11.7. The van der Waals surface area contributed by atoms with Crippen LogP contribution < -0.4 is 10.1 Å². The van der Waals surface area contributed by atoms with Crippen LogP contribution in [0.4, 0.5) is 10.1 Å². The van der Waals surface area contributed by atoms with Crippen LogP contribution in [-0.4, -0.2) is 29.9 Å². The predicted molar refractivity (Wildman–Crippen MR) is 127 cm³/mol. The zero-order valence-electron chi connectivity index (χ0n) is 19.1. The Bertz CT molecular complexity index is 1070. The lowest BCUT2D eigenvalue weighted by Crippen LogP contribution is -2.50. The topological polar surface area (TPSA) is 58.6 Å². The molecule has 6 heteroatoms. The summed E-state index contributed by atoms with van der Waals surface area (Å²) in [4.78, 5) is 28.3. The maximum atomic E-state index is 14.5. The van der Waals surface area contributed by atoms with Crippen LogP contribution in [-0.2, 0) is 22.6 Å². The Kier molecular flexibility index (Phi) is 8.19. The molecule has 0 heterocycles. The van der Waals surface area contributed by atoms with E-state index in [9.17, 15) is 14.0 Å². The van der Waals surface area contributed by atoms with Gasteiger partial charge < -0.3 is 15.0 Å². The van der Waals surface area contributed by atoms with Crippen molar-refractivity contribution in [3.8, 4) is 5.75 Å². The molecule has 0 aliphatic carbocycles. The van der Waals surface area contributed by atoms with Gasteiger partial charge in [-0.1, -0.05) is 62.4 Å². The third kappa shape index (κ3) is 6.42. The molecule has 0 saturated heterocycles. The van der Waals surface area contributed by atoms with Crippen LogP contribution in [0.15, 0.2) is 78.9 Å². The lowest BCUT2D eigenvalue weighted by molar-refractivity contribution is -0.140. The van der Waals surface area contributed by atoms with Gasteiger partial charge in [-0.2, -0.15) is 0 Å². The maximum absolute atomic E-state index is 14.5. The van der Waals surface area contributed by atoms with Gasteiger partial charge in [0.15, 0.2) is 0 Å². The Morgan fingerprint density at radius 1 is 0.939 bits per heavy atom. The summed E-state index contributed by atoms with van der Waals surface area (Å²) in [6.45, 7) is 3.75. The first-order valence-corrected chi connectivity index (χ1v) is 10.9. The number of nitrogens with zero attached hydrogens (tertiary/aromatic N) is 1. The number of rotatable bonds is 9. The number of nitrogens with one attached hydrogen (secondary N) is 1. The Morgan fingerprint density at radius 2 is 1.58 bits per heavy atom. The monoisotopic (exact) mass is 448 g/mol. The van der Waals surface area contributed by atoms with Crippen molar-refractivity contribution in [3.05, 3.63) is 95.8 Å². The number of hydrogen-bond acceptors (Lipinski definition) is 3. The zero-order chi connectivity index (χ0) is 23.8. The van der Waals surface area contributed by atoms with Crippen molar-refractivity contribution < 1.29 is 18.7 Å². The number of carbonyl (C=O) groups excluding carboxylic acids is 2. The van der Waals surface area contributed by atoms with Crippen LogP contribution in [0, 0.1) is 11.7 Å². The average molecular weight is 449 g/mol. The van der Waals surface area contributed by atoms with Gasteiger partial charge in [-0.15, -0.1) is 0 Å². The molecule has 0 bridgehead atoms. The number of amides is 2. The second-order valence-corrected chi connectivity index (χ2v) is 8.18. The summed E-state index contributed by atoms with van der Waals surface area (Å²) in [5.41, 5.74) is 1.79. The number of anilines is 1. The third-order valence-corrected chi connectivity index (χ3v) is 5.41. The van der Waals surface area contributed by atoms with E-state index in [1.807, 2.05) is 44.2 Å². The predicted octanol–water partition coefficient (Wildman–Crippen LogP) is 5.07. The molecular weight excluding hydrogens is 419 g/mol. The van der Waals surface area contributed by atoms with Crippen molar-refractivity contribution in [2.75, 3.05) is 12.4 Å². The fourth-order valence-electron chi connectivity index (χ4n) is 3.72. The summed E-state index contributed by atoms with van der Waals surface area (Å²) < 4.78 is 19.6. The molecule has 1 N–H and O–H groups in total. The summed E-state index contributed by atoms with van der Waals surface area (Å²) in [5, 5.41) is 2.89. The van der Waals surface area contributed by atoms with Crippen molar-refractivity contribution in [2.45, 2.75) is 32.9 Å². The number of halogens is 1. The van der Waals surface area contributed by atoms with E-state index < -0.39 is 11.9 Å². The first-order chi connectivity index (χ1) is 15.9.